The predicted molar refractivity (Wildman–Crippen MR) is 120 cm³/mol. The standard InChI is InChI=1S/C23H24N2O4S/c1-5-25-21(26)20(14-16-10-11-19(28-4)12-15(16)3)30-23(25)24-18-9-7-8-17(13-18)22(27)29-6-2/h7-14H,5-6H2,1-4H3. The number of carbonyl (C=O) groups excluding carboxylic acids is 2. The molecule has 3 rings (SSSR count). The Morgan fingerprint density at radius 2 is 2.00 bits per heavy atom. The molecule has 0 unspecified atom stereocenters. The number of aliphatic imine (C=N–C) groups is 1. The highest BCUT2D eigenvalue weighted by atomic mass is 32.2. The number of hydrogen-bond acceptors (Lipinski definition) is 6. The van der Waals surface area contributed by atoms with Crippen LogP contribution in [0, 0.1) is 6.92 Å². The topological polar surface area (TPSA) is 68.2 Å². The number of aryl methyl sites for hydroxylation is 1. The molecule has 0 aliphatic carbocycles. The number of ether oxygens (including phenoxy) is 2. The molecular weight excluding hydrogens is 400 g/mol. The van der Waals surface area contributed by atoms with Crippen LogP contribution in [0.4, 0.5) is 5.69 Å². The molecule has 30 heavy (non-hydrogen) atoms. The van der Waals surface area contributed by atoms with Gasteiger partial charge in [0.1, 0.15) is 5.75 Å². The largest absolute Gasteiger partial charge is 0.497 e. The minimum absolute atomic E-state index is 0.0852. The molecule has 1 aliphatic heterocycles. The summed E-state index contributed by atoms with van der Waals surface area (Å²) in [6, 6.07) is 12.6. The van der Waals surface area contributed by atoms with Gasteiger partial charge in [-0.05, 0) is 80.1 Å². The summed E-state index contributed by atoms with van der Waals surface area (Å²) in [5, 5.41) is 0.584. The van der Waals surface area contributed by atoms with E-state index in [-0.39, 0.29) is 5.91 Å². The fourth-order valence-corrected chi connectivity index (χ4v) is 4.03. The zero-order valence-electron chi connectivity index (χ0n) is 17.5. The zero-order valence-corrected chi connectivity index (χ0v) is 18.3. The summed E-state index contributed by atoms with van der Waals surface area (Å²) < 4.78 is 10.3. The van der Waals surface area contributed by atoms with Crippen LogP contribution in [0.5, 0.6) is 5.75 Å². The lowest BCUT2D eigenvalue weighted by molar-refractivity contribution is -0.122. The molecule has 6 nitrogen and oxygen atoms in total. The molecule has 2 aromatic rings. The summed E-state index contributed by atoms with van der Waals surface area (Å²) in [4.78, 5) is 31.7. The van der Waals surface area contributed by atoms with E-state index in [0.29, 0.717) is 34.5 Å². The van der Waals surface area contributed by atoms with Crippen molar-refractivity contribution < 1.29 is 19.1 Å². The maximum Gasteiger partial charge on any atom is 0.338 e. The normalized spacial score (nSPS) is 16.4. The second-order valence-corrected chi connectivity index (χ2v) is 7.56. The molecule has 1 aliphatic rings. The van der Waals surface area contributed by atoms with Gasteiger partial charge >= 0.3 is 5.97 Å². The van der Waals surface area contributed by atoms with Gasteiger partial charge in [0.15, 0.2) is 5.17 Å². The van der Waals surface area contributed by atoms with Crippen LogP contribution in [0.3, 0.4) is 0 Å². The highest BCUT2D eigenvalue weighted by Gasteiger charge is 2.32. The average molecular weight is 425 g/mol. The second-order valence-electron chi connectivity index (χ2n) is 6.55. The molecule has 1 amide bonds. The lowest BCUT2D eigenvalue weighted by Crippen LogP contribution is -2.28. The number of amides is 1. The van der Waals surface area contributed by atoms with Crippen molar-refractivity contribution in [3.05, 3.63) is 64.1 Å². The quantitative estimate of drug-likeness (QED) is 0.492. The number of amidine groups is 1. The molecule has 156 valence electrons. The number of hydrogen-bond donors (Lipinski definition) is 0. The maximum atomic E-state index is 12.9. The van der Waals surface area contributed by atoms with Crippen LogP contribution in [0.25, 0.3) is 6.08 Å². The van der Waals surface area contributed by atoms with Crippen molar-refractivity contribution in [3.8, 4) is 5.75 Å². The molecule has 0 N–H and O–H groups in total. The number of carbonyl (C=O) groups is 2. The first-order valence-corrected chi connectivity index (χ1v) is 10.5. The monoisotopic (exact) mass is 424 g/mol. The van der Waals surface area contributed by atoms with Gasteiger partial charge in [0, 0.05) is 6.54 Å². The first kappa shape index (κ1) is 21.6. The Morgan fingerprint density at radius 1 is 1.20 bits per heavy atom. The second kappa shape index (κ2) is 9.63. The fraction of sp³-hybridized carbons (Fsp3) is 0.261. The number of esters is 1. The molecule has 0 aromatic heterocycles. The Kier molecular flexibility index (Phi) is 6.95. The molecular formula is C23H24N2O4S. The van der Waals surface area contributed by atoms with E-state index in [4.69, 9.17) is 9.47 Å². The van der Waals surface area contributed by atoms with Gasteiger partial charge < -0.3 is 9.47 Å². The van der Waals surface area contributed by atoms with Gasteiger partial charge in [-0.3, -0.25) is 9.69 Å². The minimum Gasteiger partial charge on any atom is -0.497 e. The van der Waals surface area contributed by atoms with Crippen LogP contribution in [0.1, 0.15) is 35.3 Å². The molecule has 1 saturated heterocycles. The maximum absolute atomic E-state index is 12.9. The Morgan fingerprint density at radius 3 is 2.67 bits per heavy atom. The molecule has 1 fully saturated rings. The highest BCUT2D eigenvalue weighted by Crippen LogP contribution is 2.35. The van der Waals surface area contributed by atoms with Crippen molar-refractivity contribution in [2.45, 2.75) is 20.8 Å². The van der Waals surface area contributed by atoms with Crippen molar-refractivity contribution in [3.63, 3.8) is 0 Å². The summed E-state index contributed by atoms with van der Waals surface area (Å²) in [6.45, 7) is 6.46. The van der Waals surface area contributed by atoms with Crippen molar-refractivity contribution in [1.82, 2.24) is 4.90 Å². The SMILES string of the molecule is CCOC(=O)c1cccc(N=C2SC(=Cc3ccc(OC)cc3C)C(=O)N2CC)c1. The van der Waals surface area contributed by atoms with Crippen molar-refractivity contribution in [2.24, 2.45) is 4.99 Å². The van der Waals surface area contributed by atoms with Gasteiger partial charge in [-0.25, -0.2) is 9.79 Å². The molecule has 0 saturated carbocycles. The Balaban J connectivity index is 1.91. The minimum atomic E-state index is -0.391. The first-order valence-electron chi connectivity index (χ1n) is 9.68. The number of thioether (sulfide) groups is 1. The Bertz CT molecular complexity index is 1030. The van der Waals surface area contributed by atoms with Gasteiger partial charge in [0.05, 0.1) is 29.9 Å². The summed E-state index contributed by atoms with van der Waals surface area (Å²) in [5.41, 5.74) is 3.00. The molecule has 0 bridgehead atoms. The van der Waals surface area contributed by atoms with E-state index >= 15 is 0 Å². The summed E-state index contributed by atoms with van der Waals surface area (Å²) in [5.74, 6) is 0.301. The van der Waals surface area contributed by atoms with Gasteiger partial charge in [0.25, 0.3) is 5.91 Å². The molecule has 2 aromatic carbocycles. The molecule has 0 radical (unpaired) electrons. The van der Waals surface area contributed by atoms with E-state index in [9.17, 15) is 9.59 Å². The van der Waals surface area contributed by atoms with Crippen LogP contribution in [0.2, 0.25) is 0 Å². The van der Waals surface area contributed by atoms with Crippen molar-refractivity contribution in [1.29, 1.82) is 0 Å². The lowest BCUT2D eigenvalue weighted by atomic mass is 10.1. The van der Waals surface area contributed by atoms with Gasteiger partial charge in [-0.2, -0.15) is 0 Å². The van der Waals surface area contributed by atoms with Crippen LogP contribution in [0.15, 0.2) is 52.4 Å². The van der Waals surface area contributed by atoms with Crippen LogP contribution < -0.4 is 4.74 Å². The lowest BCUT2D eigenvalue weighted by Gasteiger charge is -2.12. The van der Waals surface area contributed by atoms with E-state index in [2.05, 4.69) is 4.99 Å². The smallest absolute Gasteiger partial charge is 0.338 e. The number of likely N-dealkylation sites (N-methyl/N-ethyl adjacent to an activating group) is 1. The van der Waals surface area contributed by atoms with Crippen molar-refractivity contribution in [2.75, 3.05) is 20.3 Å². The number of nitrogens with zero attached hydrogens (tertiary/aromatic N) is 2. The van der Waals surface area contributed by atoms with Crippen LogP contribution in [-0.4, -0.2) is 42.2 Å². The van der Waals surface area contributed by atoms with E-state index < -0.39 is 5.97 Å². The zero-order chi connectivity index (χ0) is 21.7. The molecule has 7 heteroatoms. The average Bonchev–Trinajstić information content (AvgIpc) is 3.03. The summed E-state index contributed by atoms with van der Waals surface area (Å²) in [6.07, 6.45) is 1.88. The van der Waals surface area contributed by atoms with Gasteiger partial charge in [-0.1, -0.05) is 12.1 Å². The summed E-state index contributed by atoms with van der Waals surface area (Å²) in [7, 11) is 1.63. The third-order valence-electron chi connectivity index (χ3n) is 4.55. The van der Waals surface area contributed by atoms with E-state index in [0.717, 1.165) is 16.9 Å². The Labute approximate surface area is 180 Å². The highest BCUT2D eigenvalue weighted by molar-refractivity contribution is 8.18. The fourth-order valence-electron chi connectivity index (χ4n) is 2.98. The predicted octanol–water partition coefficient (Wildman–Crippen LogP) is 4.80. The van der Waals surface area contributed by atoms with E-state index in [1.807, 2.05) is 38.1 Å². The van der Waals surface area contributed by atoms with E-state index in [1.165, 1.54) is 11.8 Å². The third-order valence-corrected chi connectivity index (χ3v) is 5.56. The number of methoxy groups -OCH3 is 1. The third kappa shape index (κ3) is 4.74. The van der Waals surface area contributed by atoms with Gasteiger partial charge in [-0.15, -0.1) is 0 Å². The Hall–Kier alpha value is -3.06. The summed E-state index contributed by atoms with van der Waals surface area (Å²) >= 11 is 1.32. The number of rotatable bonds is 6. The van der Waals surface area contributed by atoms with Crippen molar-refractivity contribution >= 4 is 40.6 Å². The molecule has 0 spiro atoms. The van der Waals surface area contributed by atoms with E-state index in [1.54, 1.807) is 43.2 Å². The van der Waals surface area contributed by atoms with Crippen LogP contribution >= 0.6 is 11.8 Å². The number of benzene rings is 2. The first-order chi connectivity index (χ1) is 14.5. The molecule has 0 atom stereocenters. The van der Waals surface area contributed by atoms with Crippen LogP contribution in [-0.2, 0) is 9.53 Å². The van der Waals surface area contributed by atoms with Gasteiger partial charge in [0.2, 0.25) is 0 Å². The molecule has 1 heterocycles.